The quantitative estimate of drug-likeness (QED) is 0.795. The van der Waals surface area contributed by atoms with Gasteiger partial charge in [-0.15, -0.1) is 6.58 Å². The first kappa shape index (κ1) is 20.2. The molecule has 0 spiro atoms. The van der Waals surface area contributed by atoms with E-state index < -0.39 is 5.60 Å². The Labute approximate surface area is 167 Å². The van der Waals surface area contributed by atoms with E-state index in [1.54, 1.807) is 4.90 Å². The summed E-state index contributed by atoms with van der Waals surface area (Å²) >= 11 is 0. The van der Waals surface area contributed by atoms with E-state index in [9.17, 15) is 9.59 Å². The highest BCUT2D eigenvalue weighted by Crippen LogP contribution is 2.33. The minimum atomic E-state index is -0.476. The summed E-state index contributed by atoms with van der Waals surface area (Å²) in [5, 5.41) is 3.59. The van der Waals surface area contributed by atoms with Crippen molar-refractivity contribution in [3.05, 3.63) is 36.9 Å². The van der Waals surface area contributed by atoms with Crippen molar-refractivity contribution >= 4 is 23.4 Å². The summed E-state index contributed by atoms with van der Waals surface area (Å²) in [6.45, 7) is 11.5. The number of carbonyl (C=O) groups is 2. The average molecular weight is 386 g/mol. The summed E-state index contributed by atoms with van der Waals surface area (Å²) in [6, 6.07) is 8.20. The number of hydrogen-bond donors (Lipinski definition) is 1. The van der Waals surface area contributed by atoms with Crippen molar-refractivity contribution in [2.24, 2.45) is 5.92 Å². The van der Waals surface area contributed by atoms with Crippen LogP contribution in [0.2, 0.25) is 0 Å². The zero-order valence-corrected chi connectivity index (χ0v) is 17.1. The number of carbonyl (C=O) groups excluding carboxylic acids is 2. The Kier molecular flexibility index (Phi) is 5.96. The Hall–Kier alpha value is -2.50. The van der Waals surface area contributed by atoms with E-state index in [0.717, 1.165) is 24.2 Å². The number of ether oxygens (including phenoxy) is 1. The van der Waals surface area contributed by atoms with E-state index in [1.165, 1.54) is 0 Å². The summed E-state index contributed by atoms with van der Waals surface area (Å²) < 4.78 is 5.46. The van der Waals surface area contributed by atoms with Crippen LogP contribution in [0.5, 0.6) is 0 Å². The molecule has 2 saturated heterocycles. The van der Waals surface area contributed by atoms with Gasteiger partial charge in [0.1, 0.15) is 5.60 Å². The highest BCUT2D eigenvalue weighted by Gasteiger charge is 2.31. The first-order valence-corrected chi connectivity index (χ1v) is 10.0. The van der Waals surface area contributed by atoms with E-state index in [1.807, 2.05) is 56.0 Å². The lowest BCUT2D eigenvalue weighted by atomic mass is 10.0. The van der Waals surface area contributed by atoms with E-state index >= 15 is 0 Å². The van der Waals surface area contributed by atoms with Crippen molar-refractivity contribution in [2.75, 3.05) is 29.9 Å². The molecule has 28 heavy (non-hydrogen) atoms. The normalized spacial score (nSPS) is 21.0. The van der Waals surface area contributed by atoms with Gasteiger partial charge in [-0.2, -0.15) is 0 Å². The summed E-state index contributed by atoms with van der Waals surface area (Å²) in [4.78, 5) is 28.3. The van der Waals surface area contributed by atoms with E-state index in [2.05, 4.69) is 11.9 Å². The molecule has 0 radical (unpaired) electrons. The highest BCUT2D eigenvalue weighted by molar-refractivity contribution is 5.99. The Morgan fingerprint density at radius 2 is 1.93 bits per heavy atom. The molecule has 3 rings (SSSR count). The van der Waals surface area contributed by atoms with Crippen LogP contribution in [0.4, 0.5) is 16.2 Å². The highest BCUT2D eigenvalue weighted by atomic mass is 16.6. The molecule has 6 heteroatoms. The number of anilines is 2. The lowest BCUT2D eigenvalue weighted by Crippen LogP contribution is -2.44. The third-order valence-corrected chi connectivity index (χ3v) is 5.19. The second-order valence-corrected chi connectivity index (χ2v) is 8.61. The number of para-hydroxylation sites is 2. The lowest BCUT2D eigenvalue weighted by molar-refractivity contribution is -0.117. The Morgan fingerprint density at radius 1 is 1.25 bits per heavy atom. The SMILES string of the molecule is C=CC1CC(=O)N(c2ccccc2NC2CCN(C(=O)OC(C)(C)C)CC2)C1. The smallest absolute Gasteiger partial charge is 0.410 e. The molecule has 1 unspecified atom stereocenters. The Bertz CT molecular complexity index is 733. The number of piperidine rings is 1. The molecule has 1 aromatic rings. The van der Waals surface area contributed by atoms with Crippen molar-refractivity contribution in [1.82, 2.24) is 4.90 Å². The number of hydrogen-bond acceptors (Lipinski definition) is 4. The van der Waals surface area contributed by atoms with Crippen molar-refractivity contribution in [3.8, 4) is 0 Å². The minimum Gasteiger partial charge on any atom is -0.444 e. The maximum atomic E-state index is 12.4. The molecule has 0 saturated carbocycles. The minimum absolute atomic E-state index is 0.138. The number of rotatable bonds is 4. The predicted molar refractivity (Wildman–Crippen MR) is 112 cm³/mol. The standard InChI is InChI=1S/C22H31N3O3/c1-5-16-14-20(26)25(15-16)19-9-7-6-8-18(19)23-17-10-12-24(13-11-17)21(27)28-22(2,3)4/h5-9,16-17,23H,1,10-15H2,2-4H3. The van der Waals surface area contributed by atoms with Gasteiger partial charge in [0.25, 0.3) is 0 Å². The number of amides is 2. The fourth-order valence-electron chi connectivity index (χ4n) is 3.71. The zero-order valence-electron chi connectivity index (χ0n) is 17.1. The molecule has 0 bridgehead atoms. The van der Waals surface area contributed by atoms with Crippen LogP contribution in [0.15, 0.2) is 36.9 Å². The summed E-state index contributed by atoms with van der Waals surface area (Å²) in [5.74, 6) is 0.344. The van der Waals surface area contributed by atoms with Gasteiger partial charge in [-0.05, 0) is 45.7 Å². The van der Waals surface area contributed by atoms with E-state index in [0.29, 0.717) is 26.1 Å². The van der Waals surface area contributed by atoms with Gasteiger partial charge in [0.15, 0.2) is 0 Å². The molecule has 2 fully saturated rings. The second-order valence-electron chi connectivity index (χ2n) is 8.61. The van der Waals surface area contributed by atoms with E-state index in [-0.39, 0.29) is 24.0 Å². The molecule has 1 N–H and O–H groups in total. The van der Waals surface area contributed by atoms with Crippen LogP contribution in [0.25, 0.3) is 0 Å². The van der Waals surface area contributed by atoms with Crippen molar-refractivity contribution < 1.29 is 14.3 Å². The number of nitrogens with one attached hydrogen (secondary N) is 1. The molecule has 152 valence electrons. The Balaban J connectivity index is 1.61. The number of benzene rings is 1. The van der Waals surface area contributed by atoms with Gasteiger partial charge < -0.3 is 19.9 Å². The van der Waals surface area contributed by atoms with Gasteiger partial charge >= 0.3 is 6.09 Å². The first-order chi connectivity index (χ1) is 13.3. The maximum absolute atomic E-state index is 12.4. The molecule has 0 aromatic heterocycles. The number of nitrogens with zero attached hydrogens (tertiary/aromatic N) is 2. The monoisotopic (exact) mass is 385 g/mol. The van der Waals surface area contributed by atoms with Gasteiger partial charge in [0, 0.05) is 38.0 Å². The van der Waals surface area contributed by atoms with Crippen LogP contribution in [0.3, 0.4) is 0 Å². The van der Waals surface area contributed by atoms with Crippen LogP contribution in [-0.4, -0.2) is 48.2 Å². The molecule has 2 amide bonds. The van der Waals surface area contributed by atoms with Crippen molar-refractivity contribution in [3.63, 3.8) is 0 Å². The van der Waals surface area contributed by atoms with Crippen LogP contribution in [0, 0.1) is 5.92 Å². The van der Waals surface area contributed by atoms with Crippen molar-refractivity contribution in [1.29, 1.82) is 0 Å². The van der Waals surface area contributed by atoms with Crippen molar-refractivity contribution in [2.45, 2.75) is 51.7 Å². The van der Waals surface area contributed by atoms with Gasteiger partial charge in [-0.25, -0.2) is 4.79 Å². The van der Waals surface area contributed by atoms with Crippen LogP contribution in [-0.2, 0) is 9.53 Å². The zero-order chi connectivity index (χ0) is 20.3. The van der Waals surface area contributed by atoms with Crippen LogP contribution >= 0.6 is 0 Å². The van der Waals surface area contributed by atoms with Gasteiger partial charge in [0.05, 0.1) is 11.4 Å². The first-order valence-electron chi connectivity index (χ1n) is 10.0. The Morgan fingerprint density at radius 3 is 2.54 bits per heavy atom. The molecular formula is C22H31N3O3. The lowest BCUT2D eigenvalue weighted by Gasteiger charge is -2.34. The molecule has 1 aromatic carbocycles. The molecule has 2 aliphatic heterocycles. The molecule has 6 nitrogen and oxygen atoms in total. The third kappa shape index (κ3) is 4.86. The van der Waals surface area contributed by atoms with Crippen LogP contribution in [0.1, 0.15) is 40.0 Å². The average Bonchev–Trinajstić information content (AvgIpc) is 3.02. The molecule has 0 aliphatic carbocycles. The maximum Gasteiger partial charge on any atom is 0.410 e. The molecule has 2 heterocycles. The molecular weight excluding hydrogens is 354 g/mol. The second kappa shape index (κ2) is 8.25. The fourth-order valence-corrected chi connectivity index (χ4v) is 3.71. The topological polar surface area (TPSA) is 61.9 Å². The number of likely N-dealkylation sites (tertiary alicyclic amines) is 1. The fraction of sp³-hybridized carbons (Fsp3) is 0.545. The summed E-state index contributed by atoms with van der Waals surface area (Å²) in [7, 11) is 0. The summed E-state index contributed by atoms with van der Waals surface area (Å²) in [6.07, 6.45) is 3.82. The van der Waals surface area contributed by atoms with Crippen LogP contribution < -0.4 is 10.2 Å². The molecule has 1 atom stereocenters. The van der Waals surface area contributed by atoms with Gasteiger partial charge in [-0.1, -0.05) is 18.2 Å². The van der Waals surface area contributed by atoms with Gasteiger partial charge in [-0.3, -0.25) is 4.79 Å². The summed E-state index contributed by atoms with van der Waals surface area (Å²) in [5.41, 5.74) is 1.42. The van der Waals surface area contributed by atoms with Gasteiger partial charge in [0.2, 0.25) is 5.91 Å². The third-order valence-electron chi connectivity index (χ3n) is 5.19. The van der Waals surface area contributed by atoms with E-state index in [4.69, 9.17) is 4.74 Å². The predicted octanol–water partition coefficient (Wildman–Crippen LogP) is 4.04. The largest absolute Gasteiger partial charge is 0.444 e. The molecule has 2 aliphatic rings.